The lowest BCUT2D eigenvalue weighted by molar-refractivity contribution is 0.157. The van der Waals surface area contributed by atoms with Gasteiger partial charge in [0.1, 0.15) is 0 Å². The van der Waals surface area contributed by atoms with Crippen LogP contribution >= 0.6 is 35.6 Å². The predicted molar refractivity (Wildman–Crippen MR) is 133 cm³/mol. The van der Waals surface area contributed by atoms with Crippen LogP contribution < -0.4 is 10.2 Å². The minimum atomic E-state index is 0. The molecule has 0 bridgehead atoms. The Labute approximate surface area is 197 Å². The van der Waals surface area contributed by atoms with Gasteiger partial charge in [-0.25, -0.2) is 0 Å². The van der Waals surface area contributed by atoms with Crippen molar-refractivity contribution in [3.8, 4) is 0 Å². The number of benzene rings is 1. The van der Waals surface area contributed by atoms with E-state index in [1.54, 1.807) is 7.11 Å². The van der Waals surface area contributed by atoms with Gasteiger partial charge in [-0.15, -0.1) is 24.0 Å². The van der Waals surface area contributed by atoms with E-state index in [9.17, 15) is 0 Å². The number of ether oxygens (including phenoxy) is 1. The Balaban J connectivity index is 0.00000300. The molecule has 0 aromatic heterocycles. The molecule has 1 aromatic rings. The number of methoxy groups -OCH3 is 1. The average Bonchev–Trinajstić information content (AvgIpc) is 3.17. The number of nitrogens with one attached hydrogen (secondary N) is 1. The van der Waals surface area contributed by atoms with Gasteiger partial charge in [0.2, 0.25) is 0 Å². The second-order valence-electron chi connectivity index (χ2n) is 7.69. The molecule has 2 aliphatic rings. The number of nitrogens with zero attached hydrogens (tertiary/aromatic N) is 4. The van der Waals surface area contributed by atoms with E-state index in [1.807, 2.05) is 19.2 Å². The fraction of sp³-hybridized carbons (Fsp3) is 0.667. The largest absolute Gasteiger partial charge is 0.384 e. The number of halogens is 2. The van der Waals surface area contributed by atoms with E-state index >= 15 is 0 Å². The normalized spacial score (nSPS) is 20.7. The molecule has 0 saturated carbocycles. The molecular formula is C21H35ClIN5O. The highest BCUT2D eigenvalue weighted by Gasteiger charge is 2.24. The zero-order valence-corrected chi connectivity index (χ0v) is 20.7. The monoisotopic (exact) mass is 535 g/mol. The molecule has 8 heteroatoms. The molecule has 0 radical (unpaired) electrons. The fourth-order valence-electron chi connectivity index (χ4n) is 4.13. The molecule has 164 valence electrons. The standard InChI is InChI=1S/C21H34ClN5O.HI/c1-23-21(27-10-7-18(16-27)17-28-2)24-8-4-9-25-11-13-26(14-12-25)20-6-3-5-19(22)15-20;/h3,5-6,15,18H,4,7-14,16-17H2,1-2H3,(H,23,24);1H. The van der Waals surface area contributed by atoms with Gasteiger partial charge in [0.25, 0.3) is 0 Å². The maximum Gasteiger partial charge on any atom is 0.193 e. The third-order valence-corrected chi connectivity index (χ3v) is 5.91. The van der Waals surface area contributed by atoms with E-state index in [4.69, 9.17) is 16.3 Å². The lowest BCUT2D eigenvalue weighted by Crippen LogP contribution is -2.47. The minimum absolute atomic E-state index is 0. The number of rotatable bonds is 7. The highest BCUT2D eigenvalue weighted by Crippen LogP contribution is 2.21. The molecular weight excluding hydrogens is 501 g/mol. The van der Waals surface area contributed by atoms with Crippen LogP contribution in [-0.4, -0.2) is 88.9 Å². The number of guanidine groups is 1. The molecule has 2 saturated heterocycles. The van der Waals surface area contributed by atoms with Crippen molar-refractivity contribution < 1.29 is 4.74 Å². The first-order chi connectivity index (χ1) is 13.7. The van der Waals surface area contributed by atoms with Crippen LogP contribution in [0.2, 0.25) is 5.02 Å². The van der Waals surface area contributed by atoms with Crippen molar-refractivity contribution in [1.29, 1.82) is 0 Å². The van der Waals surface area contributed by atoms with E-state index < -0.39 is 0 Å². The van der Waals surface area contributed by atoms with E-state index in [-0.39, 0.29) is 24.0 Å². The van der Waals surface area contributed by atoms with Gasteiger partial charge in [0, 0.05) is 76.6 Å². The summed E-state index contributed by atoms with van der Waals surface area (Å²) in [7, 11) is 3.66. The van der Waals surface area contributed by atoms with Gasteiger partial charge in [0.15, 0.2) is 5.96 Å². The number of aliphatic imine (C=N–C) groups is 1. The quantitative estimate of drug-likeness (QED) is 0.252. The van der Waals surface area contributed by atoms with Crippen molar-refractivity contribution in [3.63, 3.8) is 0 Å². The summed E-state index contributed by atoms with van der Waals surface area (Å²) >= 11 is 6.12. The van der Waals surface area contributed by atoms with E-state index in [0.29, 0.717) is 5.92 Å². The highest BCUT2D eigenvalue weighted by atomic mass is 127. The molecule has 6 nitrogen and oxygen atoms in total. The van der Waals surface area contributed by atoms with Crippen molar-refractivity contribution in [1.82, 2.24) is 15.1 Å². The van der Waals surface area contributed by atoms with Gasteiger partial charge in [-0.05, 0) is 37.6 Å². The second-order valence-corrected chi connectivity index (χ2v) is 8.13. The molecule has 29 heavy (non-hydrogen) atoms. The van der Waals surface area contributed by atoms with Crippen molar-refractivity contribution in [2.24, 2.45) is 10.9 Å². The van der Waals surface area contributed by atoms with Crippen molar-refractivity contribution in [2.75, 3.05) is 78.0 Å². The summed E-state index contributed by atoms with van der Waals surface area (Å²) in [6, 6.07) is 8.16. The first-order valence-corrected chi connectivity index (χ1v) is 10.7. The third kappa shape index (κ3) is 7.45. The Morgan fingerprint density at radius 3 is 2.72 bits per heavy atom. The first-order valence-electron chi connectivity index (χ1n) is 10.4. The van der Waals surface area contributed by atoms with Gasteiger partial charge in [-0.2, -0.15) is 0 Å². The van der Waals surface area contributed by atoms with Crippen LogP contribution in [0.1, 0.15) is 12.8 Å². The van der Waals surface area contributed by atoms with Gasteiger partial charge in [0.05, 0.1) is 6.61 Å². The molecule has 2 heterocycles. The molecule has 2 aliphatic heterocycles. The lowest BCUT2D eigenvalue weighted by atomic mass is 10.1. The van der Waals surface area contributed by atoms with Gasteiger partial charge >= 0.3 is 0 Å². The zero-order chi connectivity index (χ0) is 19.8. The molecule has 3 rings (SSSR count). The Morgan fingerprint density at radius 2 is 2.03 bits per heavy atom. The highest BCUT2D eigenvalue weighted by molar-refractivity contribution is 14.0. The Hall–Kier alpha value is -0.770. The average molecular weight is 536 g/mol. The smallest absolute Gasteiger partial charge is 0.193 e. The SMILES string of the molecule is CN=C(NCCCN1CCN(c2cccc(Cl)c2)CC1)N1CCC(COC)C1.I. The molecule has 1 unspecified atom stereocenters. The summed E-state index contributed by atoms with van der Waals surface area (Å²) in [6.07, 6.45) is 2.32. The van der Waals surface area contributed by atoms with Gasteiger partial charge in [-0.1, -0.05) is 17.7 Å². The minimum Gasteiger partial charge on any atom is -0.384 e. The number of hydrogen-bond donors (Lipinski definition) is 1. The Kier molecular flexibility index (Phi) is 10.8. The maximum atomic E-state index is 6.12. The fourth-order valence-corrected chi connectivity index (χ4v) is 4.32. The summed E-state index contributed by atoms with van der Waals surface area (Å²) < 4.78 is 5.29. The van der Waals surface area contributed by atoms with Crippen LogP contribution in [-0.2, 0) is 4.74 Å². The first kappa shape index (κ1) is 24.5. The molecule has 1 atom stereocenters. The van der Waals surface area contributed by atoms with Crippen LogP contribution in [0.3, 0.4) is 0 Å². The Morgan fingerprint density at radius 1 is 1.24 bits per heavy atom. The molecule has 0 spiro atoms. The zero-order valence-electron chi connectivity index (χ0n) is 17.6. The van der Waals surface area contributed by atoms with Crippen LogP contribution in [0, 0.1) is 5.92 Å². The van der Waals surface area contributed by atoms with Crippen LogP contribution in [0.15, 0.2) is 29.3 Å². The van der Waals surface area contributed by atoms with Crippen LogP contribution in [0.25, 0.3) is 0 Å². The number of likely N-dealkylation sites (tertiary alicyclic amines) is 1. The molecule has 1 aromatic carbocycles. The van der Waals surface area contributed by atoms with E-state index in [2.05, 4.69) is 37.1 Å². The van der Waals surface area contributed by atoms with Crippen molar-refractivity contribution in [2.45, 2.75) is 12.8 Å². The summed E-state index contributed by atoms with van der Waals surface area (Å²) in [6.45, 7) is 9.37. The van der Waals surface area contributed by atoms with Crippen LogP contribution in [0.5, 0.6) is 0 Å². The number of piperazine rings is 1. The topological polar surface area (TPSA) is 43.3 Å². The van der Waals surface area contributed by atoms with Crippen molar-refractivity contribution in [3.05, 3.63) is 29.3 Å². The van der Waals surface area contributed by atoms with Crippen LogP contribution in [0.4, 0.5) is 5.69 Å². The molecule has 0 aliphatic carbocycles. The molecule has 2 fully saturated rings. The van der Waals surface area contributed by atoms with Crippen molar-refractivity contribution >= 4 is 47.2 Å². The third-order valence-electron chi connectivity index (χ3n) is 5.68. The molecule has 1 N–H and O–H groups in total. The number of anilines is 1. The lowest BCUT2D eigenvalue weighted by Gasteiger charge is -2.36. The maximum absolute atomic E-state index is 6.12. The number of hydrogen-bond acceptors (Lipinski definition) is 4. The summed E-state index contributed by atoms with van der Waals surface area (Å²) in [5.74, 6) is 1.66. The van der Waals surface area contributed by atoms with E-state index in [1.165, 1.54) is 12.1 Å². The second kappa shape index (κ2) is 12.8. The van der Waals surface area contributed by atoms with Gasteiger partial charge < -0.3 is 19.9 Å². The summed E-state index contributed by atoms with van der Waals surface area (Å²) in [5, 5.41) is 4.35. The van der Waals surface area contributed by atoms with Gasteiger partial charge in [-0.3, -0.25) is 9.89 Å². The summed E-state index contributed by atoms with van der Waals surface area (Å²) in [5.41, 5.74) is 1.23. The predicted octanol–water partition coefficient (Wildman–Crippen LogP) is 3.01. The van der Waals surface area contributed by atoms with E-state index in [0.717, 1.165) is 76.4 Å². The summed E-state index contributed by atoms with van der Waals surface area (Å²) in [4.78, 5) is 11.8. The Bertz CT molecular complexity index is 639. The molecule has 0 amide bonds.